The zero-order valence-corrected chi connectivity index (χ0v) is 15.3. The van der Waals surface area contributed by atoms with Crippen LogP contribution in [0.5, 0.6) is 0 Å². The molecule has 0 bridgehead atoms. The minimum atomic E-state index is 0.833. The number of benzene rings is 1. The Labute approximate surface area is 133 Å². The van der Waals surface area contributed by atoms with Crippen LogP contribution in [-0.4, -0.2) is 32.1 Å². The number of hydrogen-bond donors (Lipinski definition) is 0. The molecule has 1 rings (SSSR count). The zero-order valence-electron chi connectivity index (χ0n) is 15.3. The summed E-state index contributed by atoms with van der Waals surface area (Å²) in [5, 5.41) is 0. The average Bonchev–Trinajstić information content (AvgIpc) is 2.37. The maximum absolute atomic E-state index is 2.49. The first-order valence-corrected chi connectivity index (χ1v) is 8.39. The average molecular weight is 293 g/mol. The molecule has 0 heterocycles. The fourth-order valence-corrected chi connectivity index (χ4v) is 2.13. The van der Waals surface area contributed by atoms with Gasteiger partial charge in [0.2, 0.25) is 0 Å². The lowest BCUT2D eigenvalue weighted by atomic mass is 10.1. The molecule has 0 spiro atoms. The van der Waals surface area contributed by atoms with Gasteiger partial charge >= 0.3 is 0 Å². The Hall–Kier alpha value is -1.02. The molecule has 1 aromatic rings. The van der Waals surface area contributed by atoms with Gasteiger partial charge in [0.1, 0.15) is 0 Å². The minimum absolute atomic E-state index is 0.833. The van der Waals surface area contributed by atoms with Gasteiger partial charge in [0.15, 0.2) is 0 Å². The minimum Gasteiger partial charge on any atom is -0.372 e. The SMILES string of the molecule is CC(C)C.CCCN(CCC)c1cccc(CN(C)C)c1. The highest BCUT2D eigenvalue weighted by Crippen LogP contribution is 2.17. The first kappa shape index (κ1) is 20.0. The van der Waals surface area contributed by atoms with E-state index in [1.165, 1.54) is 24.1 Å². The van der Waals surface area contributed by atoms with E-state index in [2.05, 4.69) is 82.8 Å². The number of hydrogen-bond acceptors (Lipinski definition) is 2. The van der Waals surface area contributed by atoms with E-state index in [0.717, 1.165) is 25.6 Å². The topological polar surface area (TPSA) is 6.48 Å². The lowest BCUT2D eigenvalue weighted by Crippen LogP contribution is -2.25. The second kappa shape index (κ2) is 11.6. The second-order valence-electron chi connectivity index (χ2n) is 6.63. The molecule has 0 saturated carbocycles. The fourth-order valence-electron chi connectivity index (χ4n) is 2.13. The fraction of sp³-hybridized carbons (Fsp3) is 0.684. The molecule has 122 valence electrons. The molecule has 0 fully saturated rings. The van der Waals surface area contributed by atoms with Crippen molar-refractivity contribution in [2.24, 2.45) is 5.92 Å². The van der Waals surface area contributed by atoms with Crippen LogP contribution in [0.1, 0.15) is 53.0 Å². The summed E-state index contributed by atoms with van der Waals surface area (Å²) in [4.78, 5) is 4.70. The number of nitrogens with zero attached hydrogens (tertiary/aromatic N) is 2. The molecule has 0 atom stereocenters. The van der Waals surface area contributed by atoms with E-state index in [0.29, 0.717) is 0 Å². The van der Waals surface area contributed by atoms with Crippen LogP contribution in [0.2, 0.25) is 0 Å². The van der Waals surface area contributed by atoms with Crippen LogP contribution in [0, 0.1) is 5.92 Å². The normalized spacial score (nSPS) is 10.5. The summed E-state index contributed by atoms with van der Waals surface area (Å²) in [7, 11) is 4.23. The molecule has 0 saturated heterocycles. The van der Waals surface area contributed by atoms with E-state index >= 15 is 0 Å². The zero-order chi connectivity index (χ0) is 16.3. The van der Waals surface area contributed by atoms with Gasteiger partial charge in [0, 0.05) is 25.3 Å². The van der Waals surface area contributed by atoms with Crippen molar-refractivity contribution in [2.45, 2.75) is 54.0 Å². The Bertz CT molecular complexity index is 350. The Morgan fingerprint density at radius 1 is 0.952 bits per heavy atom. The smallest absolute Gasteiger partial charge is 0.0369 e. The lowest BCUT2D eigenvalue weighted by molar-refractivity contribution is 0.402. The molecule has 0 aliphatic heterocycles. The van der Waals surface area contributed by atoms with Crippen molar-refractivity contribution >= 4 is 5.69 Å². The molecule has 0 radical (unpaired) electrons. The highest BCUT2D eigenvalue weighted by atomic mass is 15.1. The largest absolute Gasteiger partial charge is 0.372 e. The summed E-state index contributed by atoms with van der Waals surface area (Å²) in [6.07, 6.45) is 2.41. The highest BCUT2D eigenvalue weighted by Gasteiger charge is 2.05. The monoisotopic (exact) mass is 292 g/mol. The first-order valence-electron chi connectivity index (χ1n) is 8.39. The summed E-state index contributed by atoms with van der Waals surface area (Å²) in [6, 6.07) is 8.93. The van der Waals surface area contributed by atoms with E-state index in [4.69, 9.17) is 0 Å². The van der Waals surface area contributed by atoms with Gasteiger partial charge in [0.25, 0.3) is 0 Å². The van der Waals surface area contributed by atoms with Crippen LogP contribution in [0.4, 0.5) is 5.69 Å². The van der Waals surface area contributed by atoms with E-state index in [9.17, 15) is 0 Å². The van der Waals surface area contributed by atoms with Gasteiger partial charge in [-0.05, 0) is 50.6 Å². The van der Waals surface area contributed by atoms with Crippen LogP contribution in [0.25, 0.3) is 0 Å². The summed E-state index contributed by atoms with van der Waals surface area (Å²) < 4.78 is 0. The van der Waals surface area contributed by atoms with Gasteiger partial charge in [-0.3, -0.25) is 0 Å². The molecule has 2 nitrogen and oxygen atoms in total. The number of rotatable bonds is 7. The third-order valence-electron chi connectivity index (χ3n) is 2.76. The molecular weight excluding hydrogens is 256 g/mol. The number of anilines is 1. The second-order valence-corrected chi connectivity index (χ2v) is 6.63. The van der Waals surface area contributed by atoms with Crippen LogP contribution in [0.15, 0.2) is 24.3 Å². The standard InChI is InChI=1S/C15H26N2.C4H10/c1-5-10-17(11-6-2)15-9-7-8-14(12-15)13-16(3)4;1-4(2)3/h7-9,12H,5-6,10-11,13H2,1-4H3;4H,1-3H3. The van der Waals surface area contributed by atoms with Crippen molar-refractivity contribution in [1.82, 2.24) is 4.90 Å². The first-order chi connectivity index (χ1) is 9.90. The van der Waals surface area contributed by atoms with Gasteiger partial charge in [-0.2, -0.15) is 0 Å². The molecule has 0 aliphatic carbocycles. The van der Waals surface area contributed by atoms with Crippen molar-refractivity contribution in [1.29, 1.82) is 0 Å². The maximum Gasteiger partial charge on any atom is 0.0369 e. The molecule has 2 heteroatoms. The van der Waals surface area contributed by atoms with Crippen molar-refractivity contribution in [2.75, 3.05) is 32.1 Å². The summed E-state index contributed by atoms with van der Waals surface area (Å²) in [6.45, 7) is 14.3. The third kappa shape index (κ3) is 10.4. The lowest BCUT2D eigenvalue weighted by Gasteiger charge is -2.24. The van der Waals surface area contributed by atoms with E-state index < -0.39 is 0 Å². The van der Waals surface area contributed by atoms with Crippen LogP contribution < -0.4 is 4.90 Å². The molecule has 0 aromatic heterocycles. The van der Waals surface area contributed by atoms with E-state index in [1.807, 2.05) is 0 Å². The van der Waals surface area contributed by atoms with Gasteiger partial charge < -0.3 is 9.80 Å². The maximum atomic E-state index is 2.49. The van der Waals surface area contributed by atoms with E-state index in [-0.39, 0.29) is 0 Å². The van der Waals surface area contributed by atoms with Crippen molar-refractivity contribution < 1.29 is 0 Å². The Morgan fingerprint density at radius 2 is 1.48 bits per heavy atom. The molecular formula is C19H36N2. The van der Waals surface area contributed by atoms with Gasteiger partial charge in [-0.1, -0.05) is 46.8 Å². The van der Waals surface area contributed by atoms with E-state index in [1.54, 1.807) is 0 Å². The Morgan fingerprint density at radius 3 is 1.90 bits per heavy atom. The van der Waals surface area contributed by atoms with Crippen molar-refractivity contribution in [3.8, 4) is 0 Å². The van der Waals surface area contributed by atoms with Gasteiger partial charge in [-0.25, -0.2) is 0 Å². The highest BCUT2D eigenvalue weighted by molar-refractivity contribution is 5.48. The van der Waals surface area contributed by atoms with Gasteiger partial charge in [-0.15, -0.1) is 0 Å². The van der Waals surface area contributed by atoms with Crippen LogP contribution in [0.3, 0.4) is 0 Å². The molecule has 0 amide bonds. The third-order valence-corrected chi connectivity index (χ3v) is 2.76. The molecule has 0 aliphatic rings. The predicted molar refractivity (Wildman–Crippen MR) is 97.1 cm³/mol. The molecule has 1 aromatic carbocycles. The van der Waals surface area contributed by atoms with Crippen LogP contribution in [-0.2, 0) is 6.54 Å². The van der Waals surface area contributed by atoms with Crippen molar-refractivity contribution in [3.63, 3.8) is 0 Å². The molecule has 21 heavy (non-hydrogen) atoms. The molecule has 0 unspecified atom stereocenters. The summed E-state index contributed by atoms with van der Waals surface area (Å²) >= 11 is 0. The quantitative estimate of drug-likeness (QED) is 0.695. The van der Waals surface area contributed by atoms with Gasteiger partial charge in [0.05, 0.1) is 0 Å². The van der Waals surface area contributed by atoms with Crippen LogP contribution >= 0.6 is 0 Å². The summed E-state index contributed by atoms with van der Waals surface area (Å²) in [5.41, 5.74) is 2.76. The summed E-state index contributed by atoms with van der Waals surface area (Å²) in [5.74, 6) is 0.833. The molecule has 0 N–H and O–H groups in total. The Kier molecular flexibility index (Phi) is 11.1. The predicted octanol–water partition coefficient (Wildman–Crippen LogP) is 5.04. The Balaban J connectivity index is 0.000000885. The van der Waals surface area contributed by atoms with Crippen molar-refractivity contribution in [3.05, 3.63) is 29.8 Å².